The highest BCUT2D eigenvalue weighted by Gasteiger charge is 2.37. The van der Waals surface area contributed by atoms with Crippen LogP contribution in [0.2, 0.25) is 0 Å². The zero-order chi connectivity index (χ0) is 28.8. The Kier molecular flexibility index (Phi) is 7.69. The summed E-state index contributed by atoms with van der Waals surface area (Å²) in [6.45, 7) is 4.63. The molecule has 3 N–H and O–H groups in total. The van der Waals surface area contributed by atoms with Crippen molar-refractivity contribution in [3.05, 3.63) is 54.2 Å². The number of fused-ring (bicyclic) bond motifs is 3. The summed E-state index contributed by atoms with van der Waals surface area (Å²) in [6.07, 6.45) is 5.08. The number of aromatic amines is 1. The number of hydrogen-bond donors (Lipinski definition) is 3. The summed E-state index contributed by atoms with van der Waals surface area (Å²) in [6, 6.07) is 13.2. The molecule has 0 amide bonds. The lowest BCUT2D eigenvalue weighted by atomic mass is 9.97. The normalized spacial score (nSPS) is 17.4. The molecule has 0 atom stereocenters. The summed E-state index contributed by atoms with van der Waals surface area (Å²) in [4.78, 5) is 28.3. The number of ether oxygens (including phenoxy) is 1. The lowest BCUT2D eigenvalue weighted by molar-refractivity contribution is 0.115. The van der Waals surface area contributed by atoms with Gasteiger partial charge in [-0.15, -0.1) is 0 Å². The number of piperidine rings is 1. The number of phosphoric ester groups is 1. The fourth-order valence-corrected chi connectivity index (χ4v) is 7.63. The highest BCUT2D eigenvalue weighted by molar-refractivity contribution is 7.92. The number of rotatable bonds is 10. The van der Waals surface area contributed by atoms with E-state index < -0.39 is 17.7 Å². The topological polar surface area (TPSA) is 142 Å². The van der Waals surface area contributed by atoms with Crippen LogP contribution in [-0.4, -0.2) is 71.2 Å². The maximum absolute atomic E-state index is 13.0. The van der Waals surface area contributed by atoms with Crippen molar-refractivity contribution in [1.82, 2.24) is 14.9 Å². The predicted molar refractivity (Wildman–Crippen MR) is 157 cm³/mol. The van der Waals surface area contributed by atoms with Crippen LogP contribution in [0.5, 0.6) is 5.75 Å². The maximum atomic E-state index is 13.0. The first-order chi connectivity index (χ1) is 19.6. The van der Waals surface area contributed by atoms with Crippen molar-refractivity contribution in [2.45, 2.75) is 42.8 Å². The standard InChI is InChI=1S/C29H34N3O7PS/c1-19-15-25-27-24(21-3-2-4-23(16-21)41(36,37)22-5-6-22)7-8-26(28(27)31-29(25)30-17-19)38-18-20-9-11-32(12-10-20)13-14-39-40(33,34)35/h2-4,7-8,15-17,20,22H,5-6,9-14,18H2,1H3,(H,30,31)(H2,33,34,35). The van der Waals surface area contributed by atoms with Crippen LogP contribution in [0.4, 0.5) is 0 Å². The first-order valence-corrected chi connectivity index (χ1v) is 17.0. The summed E-state index contributed by atoms with van der Waals surface area (Å²) >= 11 is 0. The molecule has 4 aromatic rings. The molecule has 3 heterocycles. The molecule has 0 radical (unpaired) electrons. The van der Waals surface area contributed by atoms with Crippen molar-refractivity contribution in [1.29, 1.82) is 0 Å². The Balaban J connectivity index is 1.24. The van der Waals surface area contributed by atoms with Crippen LogP contribution in [0, 0.1) is 12.8 Å². The van der Waals surface area contributed by atoms with Gasteiger partial charge in [0, 0.05) is 23.5 Å². The number of hydrogen-bond acceptors (Lipinski definition) is 7. The minimum atomic E-state index is -4.44. The first kappa shape index (κ1) is 28.3. The number of aryl methyl sites for hydroxylation is 1. The second-order valence-electron chi connectivity index (χ2n) is 11.1. The Hall–Kier alpha value is -2.79. The smallest absolute Gasteiger partial charge is 0.469 e. The molecular formula is C29H34N3O7PS. The molecule has 2 aliphatic rings. The Labute approximate surface area is 238 Å². The third-order valence-electron chi connectivity index (χ3n) is 7.99. The minimum Gasteiger partial charge on any atom is -0.491 e. The summed E-state index contributed by atoms with van der Waals surface area (Å²) in [5.74, 6) is 1.07. The number of sulfone groups is 1. The molecule has 1 aliphatic carbocycles. The zero-order valence-corrected chi connectivity index (χ0v) is 24.5. The third kappa shape index (κ3) is 6.21. The Morgan fingerprint density at radius 2 is 1.88 bits per heavy atom. The summed E-state index contributed by atoms with van der Waals surface area (Å²) in [5, 5.41) is 1.64. The summed E-state index contributed by atoms with van der Waals surface area (Å²) < 4.78 is 47.8. The van der Waals surface area contributed by atoms with Crippen molar-refractivity contribution in [2.24, 2.45) is 5.92 Å². The van der Waals surface area contributed by atoms with Crippen LogP contribution in [0.25, 0.3) is 33.1 Å². The van der Waals surface area contributed by atoms with E-state index >= 15 is 0 Å². The molecule has 0 unspecified atom stereocenters. The molecule has 1 aliphatic heterocycles. The molecule has 0 spiro atoms. The molecule has 10 nitrogen and oxygen atoms in total. The SMILES string of the molecule is Cc1cnc2[nH]c3c(OCC4CCN(CCOP(=O)(O)O)CC4)ccc(-c4cccc(S(=O)(=O)C5CC5)c4)c3c2c1. The van der Waals surface area contributed by atoms with E-state index in [1.807, 2.05) is 37.4 Å². The molecule has 2 fully saturated rings. The van der Waals surface area contributed by atoms with E-state index in [1.165, 1.54) is 0 Å². The fourth-order valence-electron chi connectivity index (χ4n) is 5.61. The fraction of sp³-hybridized carbons (Fsp3) is 0.414. The number of aromatic nitrogens is 2. The van der Waals surface area contributed by atoms with Crippen LogP contribution < -0.4 is 4.74 Å². The van der Waals surface area contributed by atoms with Crippen molar-refractivity contribution < 1.29 is 32.0 Å². The monoisotopic (exact) mass is 599 g/mol. The highest BCUT2D eigenvalue weighted by atomic mass is 32.2. The van der Waals surface area contributed by atoms with Crippen molar-refractivity contribution in [2.75, 3.05) is 32.8 Å². The van der Waals surface area contributed by atoms with Gasteiger partial charge in [-0.25, -0.2) is 18.0 Å². The quantitative estimate of drug-likeness (QED) is 0.219. The first-order valence-electron chi connectivity index (χ1n) is 13.9. The van der Waals surface area contributed by atoms with Gasteiger partial charge in [-0.1, -0.05) is 12.1 Å². The van der Waals surface area contributed by atoms with Crippen LogP contribution in [0.3, 0.4) is 0 Å². The van der Waals surface area contributed by atoms with Crippen LogP contribution >= 0.6 is 7.82 Å². The molecular weight excluding hydrogens is 565 g/mol. The van der Waals surface area contributed by atoms with Gasteiger partial charge >= 0.3 is 7.82 Å². The van der Waals surface area contributed by atoms with E-state index in [0.29, 0.717) is 24.0 Å². The van der Waals surface area contributed by atoms with Gasteiger partial charge in [-0.3, -0.25) is 4.52 Å². The molecule has 0 bridgehead atoms. The molecule has 41 heavy (non-hydrogen) atoms. The van der Waals surface area contributed by atoms with E-state index in [9.17, 15) is 13.0 Å². The number of phosphoric acid groups is 1. The van der Waals surface area contributed by atoms with E-state index in [4.69, 9.17) is 14.5 Å². The van der Waals surface area contributed by atoms with E-state index in [0.717, 1.165) is 83.1 Å². The van der Waals surface area contributed by atoms with E-state index in [-0.39, 0.29) is 11.9 Å². The number of nitrogens with one attached hydrogen (secondary N) is 1. The van der Waals surface area contributed by atoms with Gasteiger partial charge in [0.1, 0.15) is 11.4 Å². The number of H-pyrrole nitrogens is 1. The molecule has 12 heteroatoms. The number of likely N-dealkylation sites (tertiary alicyclic amines) is 1. The lowest BCUT2D eigenvalue weighted by Gasteiger charge is -2.31. The van der Waals surface area contributed by atoms with Gasteiger partial charge < -0.3 is 24.4 Å². The average Bonchev–Trinajstić information content (AvgIpc) is 3.74. The second-order valence-corrected chi connectivity index (χ2v) is 14.6. The number of nitrogens with zero attached hydrogens (tertiary/aromatic N) is 2. The lowest BCUT2D eigenvalue weighted by Crippen LogP contribution is -2.37. The zero-order valence-electron chi connectivity index (χ0n) is 22.8. The van der Waals surface area contributed by atoms with Gasteiger partial charge in [0.15, 0.2) is 9.84 Å². The van der Waals surface area contributed by atoms with Gasteiger partial charge in [-0.05, 0) is 98.6 Å². The van der Waals surface area contributed by atoms with Crippen molar-refractivity contribution >= 4 is 39.6 Å². The predicted octanol–water partition coefficient (Wildman–Crippen LogP) is 4.83. The van der Waals surface area contributed by atoms with E-state index in [2.05, 4.69) is 25.5 Å². The Morgan fingerprint density at radius 3 is 2.61 bits per heavy atom. The van der Waals surface area contributed by atoms with Gasteiger partial charge in [0.2, 0.25) is 0 Å². The maximum Gasteiger partial charge on any atom is 0.469 e. The molecule has 2 aromatic carbocycles. The summed E-state index contributed by atoms with van der Waals surface area (Å²) in [5.41, 5.74) is 4.36. The van der Waals surface area contributed by atoms with Gasteiger partial charge in [-0.2, -0.15) is 0 Å². The largest absolute Gasteiger partial charge is 0.491 e. The third-order valence-corrected chi connectivity index (χ3v) is 10.8. The van der Waals surface area contributed by atoms with Gasteiger partial charge in [0.25, 0.3) is 0 Å². The molecule has 218 valence electrons. The Bertz CT molecular complexity index is 1740. The van der Waals surface area contributed by atoms with Crippen LogP contribution in [0.15, 0.2) is 53.6 Å². The Morgan fingerprint density at radius 1 is 1.10 bits per heavy atom. The number of benzene rings is 2. The van der Waals surface area contributed by atoms with Crippen LogP contribution in [-0.2, 0) is 18.9 Å². The van der Waals surface area contributed by atoms with Gasteiger partial charge in [0.05, 0.1) is 28.9 Å². The summed E-state index contributed by atoms with van der Waals surface area (Å²) in [7, 11) is -7.76. The van der Waals surface area contributed by atoms with Crippen LogP contribution in [0.1, 0.15) is 31.2 Å². The van der Waals surface area contributed by atoms with E-state index in [1.54, 1.807) is 12.1 Å². The molecule has 1 saturated carbocycles. The second kappa shape index (κ2) is 11.1. The minimum absolute atomic E-state index is 0.000905. The van der Waals surface area contributed by atoms with Crippen molar-refractivity contribution in [3.8, 4) is 16.9 Å². The highest BCUT2D eigenvalue weighted by Crippen LogP contribution is 2.41. The number of pyridine rings is 1. The molecule has 1 saturated heterocycles. The average molecular weight is 600 g/mol. The molecule has 2 aromatic heterocycles. The molecule has 6 rings (SSSR count). The van der Waals surface area contributed by atoms with Crippen molar-refractivity contribution in [3.63, 3.8) is 0 Å².